The Morgan fingerprint density at radius 2 is 2.06 bits per heavy atom. The lowest BCUT2D eigenvalue weighted by atomic mass is 10.2. The Morgan fingerprint density at radius 1 is 1.24 bits per heavy atom. The van der Waals surface area contributed by atoms with E-state index in [-0.39, 0.29) is 5.89 Å². The largest absolute Gasteiger partial charge is 0.434 e. The number of halogens is 2. The number of hydrogen-bond acceptors (Lipinski definition) is 3. The zero-order valence-corrected chi connectivity index (χ0v) is 9.76. The molecule has 0 radical (unpaired) electrons. The van der Waals surface area contributed by atoms with Crippen molar-refractivity contribution < 1.29 is 4.42 Å². The highest BCUT2D eigenvalue weighted by Gasteiger charge is 2.11. The first kappa shape index (κ1) is 10.4. The van der Waals surface area contributed by atoms with Gasteiger partial charge in [0.1, 0.15) is 5.69 Å². The third-order valence-electron chi connectivity index (χ3n) is 2.32. The van der Waals surface area contributed by atoms with E-state index in [1.165, 1.54) is 0 Å². The van der Waals surface area contributed by atoms with E-state index in [0.29, 0.717) is 15.7 Å². The van der Waals surface area contributed by atoms with E-state index in [9.17, 15) is 4.79 Å². The number of aromatic amines is 2. The van der Waals surface area contributed by atoms with Gasteiger partial charge in [-0.1, -0.05) is 23.2 Å². The zero-order chi connectivity index (χ0) is 12.0. The van der Waals surface area contributed by atoms with Gasteiger partial charge in [0, 0.05) is 15.9 Å². The van der Waals surface area contributed by atoms with Gasteiger partial charge in [-0.25, -0.2) is 9.89 Å². The Balaban J connectivity index is 2.26. The van der Waals surface area contributed by atoms with Crippen molar-refractivity contribution in [1.29, 1.82) is 0 Å². The monoisotopic (exact) mass is 269 g/mol. The molecule has 0 aliphatic rings. The summed E-state index contributed by atoms with van der Waals surface area (Å²) in [5.74, 6) is -0.429. The van der Waals surface area contributed by atoms with Gasteiger partial charge in [-0.15, -0.1) is 5.10 Å². The van der Waals surface area contributed by atoms with Gasteiger partial charge in [-0.3, -0.25) is 0 Å². The molecule has 0 aliphatic heterocycles. The average molecular weight is 270 g/mol. The zero-order valence-electron chi connectivity index (χ0n) is 8.25. The van der Waals surface area contributed by atoms with E-state index in [1.54, 1.807) is 18.2 Å². The molecule has 0 unspecified atom stereocenters. The summed E-state index contributed by atoms with van der Waals surface area (Å²) in [6, 6.07) is 5.12. The van der Waals surface area contributed by atoms with Crippen molar-refractivity contribution in [1.82, 2.24) is 15.2 Å². The third kappa shape index (κ3) is 1.73. The molecule has 17 heavy (non-hydrogen) atoms. The van der Waals surface area contributed by atoms with Crippen molar-refractivity contribution >= 4 is 34.1 Å². The minimum Gasteiger partial charge on any atom is -0.386 e. The first-order valence-electron chi connectivity index (χ1n) is 4.67. The average Bonchev–Trinajstić information content (AvgIpc) is 2.83. The molecule has 0 spiro atoms. The highest BCUT2D eigenvalue weighted by Crippen LogP contribution is 2.30. The van der Waals surface area contributed by atoms with E-state index >= 15 is 0 Å². The van der Waals surface area contributed by atoms with Crippen LogP contribution < -0.4 is 5.76 Å². The van der Waals surface area contributed by atoms with E-state index in [4.69, 9.17) is 27.6 Å². The van der Waals surface area contributed by atoms with Gasteiger partial charge in [0.05, 0.1) is 5.02 Å². The van der Waals surface area contributed by atoms with Crippen molar-refractivity contribution in [2.75, 3.05) is 0 Å². The number of fused-ring (bicyclic) bond motifs is 1. The molecule has 2 N–H and O–H groups in total. The number of hydrogen-bond donors (Lipinski definition) is 2. The van der Waals surface area contributed by atoms with Crippen molar-refractivity contribution in [3.8, 4) is 11.6 Å². The minimum atomic E-state index is -0.609. The number of benzene rings is 1. The van der Waals surface area contributed by atoms with Gasteiger partial charge in [-0.2, -0.15) is 0 Å². The second-order valence-electron chi connectivity index (χ2n) is 3.45. The van der Waals surface area contributed by atoms with Crippen LogP contribution >= 0.6 is 23.2 Å². The molecule has 3 aromatic rings. The summed E-state index contributed by atoms with van der Waals surface area (Å²) >= 11 is 11.9. The maximum absolute atomic E-state index is 10.9. The van der Waals surface area contributed by atoms with Crippen LogP contribution in [0.2, 0.25) is 10.0 Å². The van der Waals surface area contributed by atoms with Crippen LogP contribution in [0.5, 0.6) is 0 Å². The Kier molecular flexibility index (Phi) is 2.24. The molecule has 0 amide bonds. The van der Waals surface area contributed by atoms with Crippen LogP contribution in [0.3, 0.4) is 0 Å². The molecule has 0 fully saturated rings. The summed E-state index contributed by atoms with van der Waals surface area (Å²) in [5, 5.41) is 7.75. The summed E-state index contributed by atoms with van der Waals surface area (Å²) in [7, 11) is 0. The third-order valence-corrected chi connectivity index (χ3v) is 2.85. The molecular weight excluding hydrogens is 265 g/mol. The molecule has 3 rings (SSSR count). The number of aromatic nitrogens is 3. The van der Waals surface area contributed by atoms with Gasteiger partial charge in [0.15, 0.2) is 0 Å². The van der Waals surface area contributed by atoms with Gasteiger partial charge < -0.3 is 9.40 Å². The lowest BCUT2D eigenvalue weighted by molar-refractivity contribution is 0.525. The van der Waals surface area contributed by atoms with Crippen LogP contribution in [0.15, 0.2) is 27.4 Å². The molecule has 2 heterocycles. The maximum Gasteiger partial charge on any atom is 0.434 e. The molecule has 1 aromatic carbocycles. The van der Waals surface area contributed by atoms with Crippen LogP contribution in [-0.2, 0) is 0 Å². The van der Waals surface area contributed by atoms with Crippen molar-refractivity contribution in [3.63, 3.8) is 0 Å². The first-order valence-corrected chi connectivity index (χ1v) is 5.43. The predicted molar refractivity (Wildman–Crippen MR) is 64.4 cm³/mol. The summed E-state index contributed by atoms with van der Waals surface area (Å²) in [6.45, 7) is 0. The fraction of sp³-hybridized carbons (Fsp3) is 0. The Bertz CT molecular complexity index is 756. The van der Waals surface area contributed by atoms with Gasteiger partial charge >= 0.3 is 5.76 Å². The molecule has 5 nitrogen and oxygen atoms in total. The summed E-state index contributed by atoms with van der Waals surface area (Å²) in [4.78, 5) is 13.9. The first-order chi connectivity index (χ1) is 8.13. The summed E-state index contributed by atoms with van der Waals surface area (Å²) in [5.41, 5.74) is 1.31. The summed E-state index contributed by atoms with van der Waals surface area (Å²) < 4.78 is 4.84. The number of nitrogens with zero attached hydrogens (tertiary/aromatic N) is 1. The molecular formula is C10H5Cl2N3O2. The Labute approximate surface area is 104 Å². The molecule has 86 valence electrons. The van der Waals surface area contributed by atoms with Gasteiger partial charge in [0.25, 0.3) is 5.89 Å². The maximum atomic E-state index is 10.9. The molecule has 0 aliphatic carbocycles. The second kappa shape index (κ2) is 3.65. The number of H-pyrrole nitrogens is 2. The Morgan fingerprint density at radius 3 is 2.76 bits per heavy atom. The van der Waals surface area contributed by atoms with Gasteiger partial charge in [0.2, 0.25) is 0 Å². The van der Waals surface area contributed by atoms with E-state index in [0.717, 1.165) is 10.9 Å². The molecule has 0 saturated carbocycles. The SMILES string of the molecule is O=c1[nH]nc(-c2cc3c(Cl)cc(Cl)cc3[nH]2)o1. The number of nitrogens with one attached hydrogen (secondary N) is 2. The van der Waals surface area contributed by atoms with Crippen LogP contribution in [0.1, 0.15) is 0 Å². The highest BCUT2D eigenvalue weighted by molar-refractivity contribution is 6.38. The van der Waals surface area contributed by atoms with Crippen LogP contribution in [-0.4, -0.2) is 15.2 Å². The minimum absolute atomic E-state index is 0.179. The summed E-state index contributed by atoms with van der Waals surface area (Å²) in [6.07, 6.45) is 0. The van der Waals surface area contributed by atoms with E-state index in [1.807, 2.05) is 0 Å². The number of rotatable bonds is 1. The molecule has 7 heteroatoms. The quantitative estimate of drug-likeness (QED) is 0.713. The molecule has 0 atom stereocenters. The topological polar surface area (TPSA) is 74.7 Å². The van der Waals surface area contributed by atoms with Crippen LogP contribution in [0.4, 0.5) is 0 Å². The fourth-order valence-corrected chi connectivity index (χ4v) is 2.17. The van der Waals surface area contributed by atoms with Crippen LogP contribution in [0, 0.1) is 0 Å². The highest BCUT2D eigenvalue weighted by atomic mass is 35.5. The lowest BCUT2D eigenvalue weighted by Gasteiger charge is -1.94. The standard InChI is InChI=1S/C10H5Cl2N3O2/c11-4-1-6(12)5-3-8(13-7(5)2-4)9-14-15-10(16)17-9/h1-3,13H,(H,15,16). The molecule has 2 aromatic heterocycles. The molecule has 0 bridgehead atoms. The lowest BCUT2D eigenvalue weighted by Crippen LogP contribution is -1.93. The van der Waals surface area contributed by atoms with Crippen LogP contribution in [0.25, 0.3) is 22.5 Å². The van der Waals surface area contributed by atoms with E-state index < -0.39 is 5.76 Å². The second-order valence-corrected chi connectivity index (χ2v) is 4.29. The smallest absolute Gasteiger partial charge is 0.386 e. The predicted octanol–water partition coefficient (Wildman–Crippen LogP) is 2.82. The van der Waals surface area contributed by atoms with Gasteiger partial charge in [-0.05, 0) is 18.2 Å². The van der Waals surface area contributed by atoms with Crippen molar-refractivity contribution in [2.45, 2.75) is 0 Å². The van der Waals surface area contributed by atoms with Crippen molar-refractivity contribution in [3.05, 3.63) is 38.8 Å². The fourth-order valence-electron chi connectivity index (χ4n) is 1.62. The Hall–Kier alpha value is -1.72. The van der Waals surface area contributed by atoms with Crippen molar-refractivity contribution in [2.24, 2.45) is 0 Å². The normalized spacial score (nSPS) is 11.2. The molecule has 0 saturated heterocycles. The van der Waals surface area contributed by atoms with E-state index in [2.05, 4.69) is 15.2 Å².